The summed E-state index contributed by atoms with van der Waals surface area (Å²) in [5, 5.41) is 14.7. The number of aromatic nitrogens is 4. The molecular formula is C18H12ClN5O. The number of nitrogens with zero attached hydrogens (tertiary/aromatic N) is 3. The molecule has 2 heterocycles. The second-order valence-electron chi connectivity index (χ2n) is 5.34. The van der Waals surface area contributed by atoms with Crippen molar-refractivity contribution in [1.82, 2.24) is 20.4 Å². The molecule has 4 rings (SSSR count). The van der Waals surface area contributed by atoms with Gasteiger partial charge in [0.05, 0.1) is 5.52 Å². The first-order valence-corrected chi connectivity index (χ1v) is 7.93. The van der Waals surface area contributed by atoms with E-state index in [1.54, 1.807) is 12.1 Å². The molecule has 0 spiro atoms. The van der Waals surface area contributed by atoms with Gasteiger partial charge in [-0.2, -0.15) is 15.4 Å². The van der Waals surface area contributed by atoms with Gasteiger partial charge >= 0.3 is 0 Å². The Labute approximate surface area is 147 Å². The molecule has 0 aliphatic heterocycles. The number of rotatable bonds is 3. The lowest BCUT2D eigenvalue weighted by Gasteiger charge is -2.06. The highest BCUT2D eigenvalue weighted by Gasteiger charge is 2.18. The summed E-state index contributed by atoms with van der Waals surface area (Å²) < 4.78 is 0. The number of nitrogens with one attached hydrogen (secondary N) is 2. The molecule has 25 heavy (non-hydrogen) atoms. The number of amides is 1. The van der Waals surface area contributed by atoms with E-state index in [4.69, 9.17) is 11.6 Å². The molecular weight excluding hydrogens is 338 g/mol. The van der Waals surface area contributed by atoms with Gasteiger partial charge in [0.15, 0.2) is 5.69 Å². The average Bonchev–Trinajstić information content (AvgIpc) is 3.12. The first-order chi connectivity index (χ1) is 12.2. The lowest BCUT2D eigenvalue weighted by atomic mass is 10.1. The van der Waals surface area contributed by atoms with Gasteiger partial charge < -0.3 is 5.32 Å². The highest BCUT2D eigenvalue weighted by molar-refractivity contribution is 6.35. The molecule has 0 saturated heterocycles. The molecule has 2 aromatic carbocycles. The standard InChI is InChI=1S/C18H12ClN5O/c19-13-7-4-8-14-12(13)9-10-15(20-14)21-18(25)17-16(22-24-23-17)11-5-2-1-3-6-11/h1-10H,(H,20,21,25)(H,22,23,24). The Hall–Kier alpha value is -3.25. The van der Waals surface area contributed by atoms with Gasteiger partial charge in [-0.25, -0.2) is 4.98 Å². The van der Waals surface area contributed by atoms with Gasteiger partial charge in [0.25, 0.3) is 5.91 Å². The lowest BCUT2D eigenvalue weighted by molar-refractivity contribution is 0.102. The fourth-order valence-corrected chi connectivity index (χ4v) is 2.78. The Morgan fingerprint density at radius 3 is 2.64 bits per heavy atom. The first-order valence-electron chi connectivity index (χ1n) is 7.55. The molecule has 0 radical (unpaired) electrons. The van der Waals surface area contributed by atoms with Crippen molar-refractivity contribution in [2.24, 2.45) is 0 Å². The Bertz CT molecular complexity index is 1060. The molecule has 2 N–H and O–H groups in total. The van der Waals surface area contributed by atoms with Crippen LogP contribution in [0.1, 0.15) is 10.5 Å². The summed E-state index contributed by atoms with van der Waals surface area (Å²) in [6.45, 7) is 0. The van der Waals surface area contributed by atoms with E-state index in [1.807, 2.05) is 48.5 Å². The van der Waals surface area contributed by atoms with E-state index in [-0.39, 0.29) is 11.6 Å². The Kier molecular flexibility index (Phi) is 3.87. The fourth-order valence-electron chi connectivity index (χ4n) is 2.55. The molecule has 0 aliphatic carbocycles. The number of anilines is 1. The summed E-state index contributed by atoms with van der Waals surface area (Å²) in [5.74, 6) is 0.0308. The van der Waals surface area contributed by atoms with Crippen LogP contribution < -0.4 is 5.32 Å². The molecule has 0 aliphatic rings. The second kappa shape index (κ2) is 6.33. The van der Waals surface area contributed by atoms with E-state index in [0.29, 0.717) is 22.1 Å². The number of carbonyl (C=O) groups excluding carboxylic acids is 1. The molecule has 2 aromatic heterocycles. The fraction of sp³-hybridized carbons (Fsp3) is 0. The van der Waals surface area contributed by atoms with E-state index >= 15 is 0 Å². The Morgan fingerprint density at radius 2 is 1.80 bits per heavy atom. The van der Waals surface area contributed by atoms with Crippen LogP contribution in [0.15, 0.2) is 60.7 Å². The van der Waals surface area contributed by atoms with Gasteiger partial charge in [-0.15, -0.1) is 0 Å². The van der Waals surface area contributed by atoms with Crippen molar-refractivity contribution in [3.8, 4) is 11.3 Å². The summed E-state index contributed by atoms with van der Waals surface area (Å²) in [4.78, 5) is 17.0. The van der Waals surface area contributed by atoms with Crippen molar-refractivity contribution in [2.45, 2.75) is 0 Å². The van der Waals surface area contributed by atoms with Crippen molar-refractivity contribution in [3.63, 3.8) is 0 Å². The minimum atomic E-state index is -0.388. The van der Waals surface area contributed by atoms with Gasteiger partial charge in [0.1, 0.15) is 11.5 Å². The van der Waals surface area contributed by atoms with Crippen LogP contribution in [0, 0.1) is 0 Å². The Balaban J connectivity index is 1.64. The van der Waals surface area contributed by atoms with Crippen LogP contribution >= 0.6 is 11.6 Å². The van der Waals surface area contributed by atoms with Gasteiger partial charge in [0.2, 0.25) is 0 Å². The van der Waals surface area contributed by atoms with E-state index in [0.717, 1.165) is 10.9 Å². The third kappa shape index (κ3) is 2.95. The van der Waals surface area contributed by atoms with Crippen molar-refractivity contribution in [2.75, 3.05) is 5.32 Å². The highest BCUT2D eigenvalue weighted by Crippen LogP contribution is 2.24. The largest absolute Gasteiger partial charge is 0.305 e. The maximum Gasteiger partial charge on any atom is 0.279 e. The summed E-state index contributed by atoms with van der Waals surface area (Å²) in [5.41, 5.74) is 2.20. The predicted molar refractivity (Wildman–Crippen MR) is 96.5 cm³/mol. The summed E-state index contributed by atoms with van der Waals surface area (Å²) in [6.07, 6.45) is 0. The van der Waals surface area contributed by atoms with Crippen LogP contribution in [0.3, 0.4) is 0 Å². The average molecular weight is 350 g/mol. The molecule has 122 valence electrons. The zero-order valence-corrected chi connectivity index (χ0v) is 13.7. The van der Waals surface area contributed by atoms with Crippen LogP contribution in [0.25, 0.3) is 22.2 Å². The van der Waals surface area contributed by atoms with E-state index in [2.05, 4.69) is 25.7 Å². The molecule has 0 saturated carbocycles. The lowest BCUT2D eigenvalue weighted by Crippen LogP contribution is -2.14. The smallest absolute Gasteiger partial charge is 0.279 e. The van der Waals surface area contributed by atoms with Crippen molar-refractivity contribution in [3.05, 3.63) is 71.4 Å². The van der Waals surface area contributed by atoms with Gasteiger partial charge in [-0.3, -0.25) is 4.79 Å². The number of pyridine rings is 1. The SMILES string of the molecule is O=C(Nc1ccc2c(Cl)cccc2n1)c1n[nH]nc1-c1ccccc1. The number of hydrogen-bond acceptors (Lipinski definition) is 4. The number of carbonyl (C=O) groups is 1. The minimum absolute atomic E-state index is 0.208. The van der Waals surface area contributed by atoms with E-state index in [1.165, 1.54) is 0 Å². The van der Waals surface area contributed by atoms with Crippen LogP contribution in [-0.2, 0) is 0 Å². The number of H-pyrrole nitrogens is 1. The molecule has 0 fully saturated rings. The third-order valence-corrected chi connectivity index (χ3v) is 4.06. The molecule has 0 atom stereocenters. The zero-order chi connectivity index (χ0) is 17.2. The first kappa shape index (κ1) is 15.3. The number of benzene rings is 2. The van der Waals surface area contributed by atoms with Crippen molar-refractivity contribution < 1.29 is 4.79 Å². The van der Waals surface area contributed by atoms with Crippen molar-refractivity contribution in [1.29, 1.82) is 0 Å². The molecule has 0 bridgehead atoms. The maximum absolute atomic E-state index is 12.6. The summed E-state index contributed by atoms with van der Waals surface area (Å²) >= 11 is 6.14. The molecule has 0 unspecified atom stereocenters. The van der Waals surface area contributed by atoms with Crippen LogP contribution in [0.2, 0.25) is 5.02 Å². The van der Waals surface area contributed by atoms with E-state index in [9.17, 15) is 4.79 Å². The van der Waals surface area contributed by atoms with Gasteiger partial charge in [-0.1, -0.05) is 48.0 Å². The number of aromatic amines is 1. The number of halogens is 1. The van der Waals surface area contributed by atoms with Gasteiger partial charge in [-0.05, 0) is 24.3 Å². The topological polar surface area (TPSA) is 83.6 Å². The van der Waals surface area contributed by atoms with Crippen LogP contribution in [0.5, 0.6) is 0 Å². The molecule has 6 nitrogen and oxygen atoms in total. The quantitative estimate of drug-likeness (QED) is 0.587. The van der Waals surface area contributed by atoms with Crippen LogP contribution in [-0.4, -0.2) is 26.3 Å². The molecule has 4 aromatic rings. The minimum Gasteiger partial charge on any atom is -0.305 e. The predicted octanol–water partition coefficient (Wildman–Crippen LogP) is 3.93. The molecule has 1 amide bonds. The monoisotopic (exact) mass is 349 g/mol. The summed E-state index contributed by atoms with van der Waals surface area (Å²) in [6, 6.07) is 18.3. The van der Waals surface area contributed by atoms with Crippen LogP contribution in [0.4, 0.5) is 5.82 Å². The van der Waals surface area contributed by atoms with E-state index < -0.39 is 0 Å². The Morgan fingerprint density at radius 1 is 0.960 bits per heavy atom. The molecule has 7 heteroatoms. The van der Waals surface area contributed by atoms with Crippen molar-refractivity contribution >= 4 is 34.2 Å². The third-order valence-electron chi connectivity index (χ3n) is 3.73. The number of hydrogen-bond donors (Lipinski definition) is 2. The van der Waals surface area contributed by atoms with Gasteiger partial charge in [0, 0.05) is 16.0 Å². The second-order valence-corrected chi connectivity index (χ2v) is 5.75. The number of fused-ring (bicyclic) bond motifs is 1. The zero-order valence-electron chi connectivity index (χ0n) is 12.9. The highest BCUT2D eigenvalue weighted by atomic mass is 35.5. The normalized spacial score (nSPS) is 10.8. The summed E-state index contributed by atoms with van der Waals surface area (Å²) in [7, 11) is 0. The maximum atomic E-state index is 12.6.